The fourth-order valence-corrected chi connectivity index (χ4v) is 10.6. The van der Waals surface area contributed by atoms with Gasteiger partial charge in [0.1, 0.15) is 0 Å². The molecule has 32 heavy (non-hydrogen) atoms. The van der Waals surface area contributed by atoms with Gasteiger partial charge in [-0.1, -0.05) is 66.0 Å². The van der Waals surface area contributed by atoms with Crippen molar-refractivity contribution in [3.05, 3.63) is 12.2 Å². The van der Waals surface area contributed by atoms with Crippen LogP contribution in [0.25, 0.3) is 0 Å². The second-order valence-corrected chi connectivity index (χ2v) is 18.9. The normalized spacial score (nSPS) is 44.8. The van der Waals surface area contributed by atoms with E-state index in [2.05, 4.69) is 66.4 Å². The Morgan fingerprint density at radius 3 is 2.31 bits per heavy atom. The van der Waals surface area contributed by atoms with Crippen LogP contribution < -0.4 is 0 Å². The Hall–Kier alpha value is -0.0831. The molecule has 4 rings (SSSR count). The molecule has 0 saturated heterocycles. The zero-order valence-corrected chi connectivity index (χ0v) is 23.8. The molecule has 0 spiro atoms. The van der Waals surface area contributed by atoms with Crippen LogP contribution in [0.2, 0.25) is 19.6 Å². The van der Waals surface area contributed by atoms with E-state index >= 15 is 0 Å². The predicted molar refractivity (Wildman–Crippen MR) is 141 cm³/mol. The van der Waals surface area contributed by atoms with E-state index in [0.29, 0.717) is 16.9 Å². The van der Waals surface area contributed by atoms with E-state index in [0.717, 1.165) is 41.4 Å². The molecule has 0 bridgehead atoms. The molecule has 4 aliphatic carbocycles. The van der Waals surface area contributed by atoms with Gasteiger partial charge in [-0.15, -0.1) is 0 Å². The zero-order valence-electron chi connectivity index (χ0n) is 22.8. The summed E-state index contributed by atoms with van der Waals surface area (Å²) in [6.45, 7) is 20.0. The van der Waals surface area contributed by atoms with Gasteiger partial charge >= 0.3 is 0 Å². The van der Waals surface area contributed by atoms with Gasteiger partial charge in [-0.3, -0.25) is 0 Å². The molecular formula is C30H54OSi. The Kier molecular flexibility index (Phi) is 7.17. The first-order valence-electron chi connectivity index (χ1n) is 14.3. The van der Waals surface area contributed by atoms with Crippen molar-refractivity contribution < 1.29 is 4.43 Å². The number of allylic oxidation sites excluding steroid dienone is 2. The highest BCUT2D eigenvalue weighted by atomic mass is 28.4. The van der Waals surface area contributed by atoms with E-state index in [4.69, 9.17) is 4.43 Å². The average molecular weight is 459 g/mol. The SMILES string of the molecule is CC(C)CCCC(C)C1CCC2C3CC(O[Si](C)(C)C)C4CC=CCC4(C)C3CCC12C. The van der Waals surface area contributed by atoms with Crippen LogP contribution in [-0.4, -0.2) is 14.4 Å². The second kappa shape index (κ2) is 9.18. The summed E-state index contributed by atoms with van der Waals surface area (Å²) >= 11 is 0. The maximum atomic E-state index is 7.00. The van der Waals surface area contributed by atoms with Gasteiger partial charge in [0.15, 0.2) is 8.32 Å². The van der Waals surface area contributed by atoms with Crippen molar-refractivity contribution in [1.82, 2.24) is 0 Å². The Bertz CT molecular complexity index is 677. The van der Waals surface area contributed by atoms with Gasteiger partial charge in [0.05, 0.1) is 0 Å². The molecule has 0 aromatic heterocycles. The van der Waals surface area contributed by atoms with Crippen LogP contribution >= 0.6 is 0 Å². The van der Waals surface area contributed by atoms with Gasteiger partial charge < -0.3 is 4.43 Å². The molecule has 3 fully saturated rings. The van der Waals surface area contributed by atoms with Crippen LogP contribution in [0.4, 0.5) is 0 Å². The highest BCUT2D eigenvalue weighted by Crippen LogP contribution is 2.68. The van der Waals surface area contributed by atoms with Crippen molar-refractivity contribution in [2.45, 2.75) is 125 Å². The Morgan fingerprint density at radius 1 is 0.906 bits per heavy atom. The van der Waals surface area contributed by atoms with E-state index in [1.165, 1.54) is 64.2 Å². The largest absolute Gasteiger partial charge is 0.414 e. The van der Waals surface area contributed by atoms with E-state index in [1.807, 2.05) is 0 Å². The molecule has 0 heterocycles. The molecule has 0 radical (unpaired) electrons. The minimum Gasteiger partial charge on any atom is -0.414 e. The fourth-order valence-electron chi connectivity index (χ4n) is 9.48. The Morgan fingerprint density at radius 2 is 1.62 bits per heavy atom. The molecule has 9 atom stereocenters. The van der Waals surface area contributed by atoms with Crippen LogP contribution in [0.15, 0.2) is 12.2 Å². The summed E-state index contributed by atoms with van der Waals surface area (Å²) in [5.41, 5.74) is 1.04. The third-order valence-electron chi connectivity index (χ3n) is 10.9. The molecule has 2 heteroatoms. The van der Waals surface area contributed by atoms with Gasteiger partial charge in [-0.2, -0.15) is 0 Å². The summed E-state index contributed by atoms with van der Waals surface area (Å²) in [5, 5.41) is 0. The van der Waals surface area contributed by atoms with Gasteiger partial charge in [-0.05, 0) is 117 Å². The minimum absolute atomic E-state index is 0.463. The zero-order chi connectivity index (χ0) is 23.3. The van der Waals surface area contributed by atoms with E-state index < -0.39 is 8.32 Å². The molecule has 9 unspecified atom stereocenters. The molecule has 0 aromatic rings. The summed E-state index contributed by atoms with van der Waals surface area (Å²) in [6.07, 6.45) is 19.7. The van der Waals surface area contributed by atoms with Crippen LogP contribution in [-0.2, 0) is 4.43 Å². The standard InChI is InChI=1S/C30H54OSi/c1-21(2)12-11-13-22(3)24-15-16-25-23-20-28(31-32(6,7)8)27-14-9-10-18-29(27,4)26(23)17-19-30(24,25)5/h9-10,21-28H,11-20H2,1-8H3. The maximum absolute atomic E-state index is 7.00. The summed E-state index contributed by atoms with van der Waals surface area (Å²) in [6, 6.07) is 0. The lowest BCUT2D eigenvalue weighted by molar-refractivity contribution is -0.141. The van der Waals surface area contributed by atoms with Gasteiger partial charge in [-0.25, -0.2) is 0 Å². The van der Waals surface area contributed by atoms with Crippen molar-refractivity contribution in [3.8, 4) is 0 Å². The third-order valence-corrected chi connectivity index (χ3v) is 11.9. The molecule has 4 aliphatic rings. The number of hydrogen-bond donors (Lipinski definition) is 0. The molecular weight excluding hydrogens is 404 g/mol. The lowest BCUT2D eigenvalue weighted by atomic mass is 9.44. The first-order chi connectivity index (χ1) is 15.0. The first kappa shape index (κ1) is 25.0. The Balaban J connectivity index is 1.55. The van der Waals surface area contributed by atoms with Crippen LogP contribution in [0.1, 0.15) is 98.8 Å². The number of fused-ring (bicyclic) bond motifs is 5. The molecule has 1 nitrogen and oxygen atoms in total. The summed E-state index contributed by atoms with van der Waals surface area (Å²) in [4.78, 5) is 0. The molecule has 0 aliphatic heterocycles. The van der Waals surface area contributed by atoms with Gasteiger partial charge in [0.2, 0.25) is 0 Å². The van der Waals surface area contributed by atoms with Crippen LogP contribution in [0.3, 0.4) is 0 Å². The predicted octanol–water partition coefficient (Wildman–Crippen LogP) is 9.10. The molecule has 0 aromatic carbocycles. The van der Waals surface area contributed by atoms with Crippen molar-refractivity contribution in [2.75, 3.05) is 0 Å². The fraction of sp³-hybridized carbons (Fsp3) is 0.933. The molecule has 0 N–H and O–H groups in total. The first-order valence-corrected chi connectivity index (χ1v) is 17.7. The number of rotatable bonds is 7. The molecule has 3 saturated carbocycles. The van der Waals surface area contributed by atoms with Gasteiger partial charge in [0, 0.05) is 6.10 Å². The van der Waals surface area contributed by atoms with E-state index in [9.17, 15) is 0 Å². The average Bonchev–Trinajstić information content (AvgIpc) is 3.04. The quantitative estimate of drug-likeness (QED) is 0.273. The van der Waals surface area contributed by atoms with Crippen molar-refractivity contribution in [2.24, 2.45) is 52.3 Å². The van der Waals surface area contributed by atoms with Crippen LogP contribution in [0.5, 0.6) is 0 Å². The molecule has 0 amide bonds. The minimum atomic E-state index is -1.54. The van der Waals surface area contributed by atoms with Crippen molar-refractivity contribution >= 4 is 8.32 Å². The third kappa shape index (κ3) is 4.58. The van der Waals surface area contributed by atoms with Gasteiger partial charge in [0.25, 0.3) is 0 Å². The lowest BCUT2D eigenvalue weighted by Crippen LogP contribution is -2.58. The monoisotopic (exact) mass is 458 g/mol. The lowest BCUT2D eigenvalue weighted by Gasteiger charge is -2.62. The highest BCUT2D eigenvalue weighted by Gasteiger charge is 2.62. The Labute approximate surface area is 201 Å². The summed E-state index contributed by atoms with van der Waals surface area (Å²) < 4.78 is 7.00. The topological polar surface area (TPSA) is 9.23 Å². The second-order valence-electron chi connectivity index (χ2n) is 14.4. The smallest absolute Gasteiger partial charge is 0.184 e. The molecule has 184 valence electrons. The van der Waals surface area contributed by atoms with Crippen molar-refractivity contribution in [3.63, 3.8) is 0 Å². The maximum Gasteiger partial charge on any atom is 0.184 e. The van der Waals surface area contributed by atoms with E-state index in [-0.39, 0.29) is 0 Å². The van der Waals surface area contributed by atoms with Crippen LogP contribution in [0, 0.1) is 52.3 Å². The summed E-state index contributed by atoms with van der Waals surface area (Å²) in [7, 11) is -1.54. The van der Waals surface area contributed by atoms with Crippen molar-refractivity contribution in [1.29, 1.82) is 0 Å². The highest BCUT2D eigenvalue weighted by molar-refractivity contribution is 6.69. The van der Waals surface area contributed by atoms with E-state index in [1.54, 1.807) is 0 Å². The summed E-state index contributed by atoms with van der Waals surface area (Å²) in [5.74, 6) is 6.22. The number of hydrogen-bond acceptors (Lipinski definition) is 1.